The van der Waals surface area contributed by atoms with E-state index in [1.54, 1.807) is 0 Å². The van der Waals surface area contributed by atoms with Gasteiger partial charge in [0.15, 0.2) is 0 Å². The van der Waals surface area contributed by atoms with E-state index >= 15 is 0 Å². The van der Waals surface area contributed by atoms with Crippen molar-refractivity contribution < 1.29 is 9.90 Å². The Balaban J connectivity index is 2.26. The lowest BCUT2D eigenvalue weighted by molar-refractivity contribution is -0.144. The van der Waals surface area contributed by atoms with E-state index in [0.29, 0.717) is 11.3 Å². The van der Waals surface area contributed by atoms with Crippen LogP contribution < -0.4 is 5.32 Å². The number of hydrogen-bond acceptors (Lipinski definition) is 2. The van der Waals surface area contributed by atoms with Gasteiger partial charge in [0, 0.05) is 0 Å². The molecule has 0 aromatic carbocycles. The second kappa shape index (κ2) is 6.39. The fourth-order valence-electron chi connectivity index (χ4n) is 2.53. The van der Waals surface area contributed by atoms with Crippen molar-refractivity contribution in [1.82, 2.24) is 5.32 Å². The van der Waals surface area contributed by atoms with Gasteiger partial charge in [-0.25, -0.2) is 0 Å². The summed E-state index contributed by atoms with van der Waals surface area (Å²) >= 11 is 0. The number of carbonyl (C=O) groups is 1. The minimum absolute atomic E-state index is 0.120. The maximum atomic E-state index is 11.1. The molecule has 1 aliphatic carbocycles. The Morgan fingerprint density at radius 3 is 2.53 bits per heavy atom. The van der Waals surface area contributed by atoms with Crippen LogP contribution in [0.25, 0.3) is 0 Å². The first-order valence-electron chi connectivity index (χ1n) is 6.84. The van der Waals surface area contributed by atoms with Gasteiger partial charge in [0.05, 0.1) is 5.92 Å². The fourth-order valence-corrected chi connectivity index (χ4v) is 2.53. The van der Waals surface area contributed by atoms with Crippen LogP contribution in [0.15, 0.2) is 0 Å². The zero-order valence-electron chi connectivity index (χ0n) is 11.5. The van der Waals surface area contributed by atoms with Crippen molar-refractivity contribution in [2.24, 2.45) is 17.3 Å². The van der Waals surface area contributed by atoms with Gasteiger partial charge in [-0.3, -0.25) is 4.79 Å². The second-order valence-corrected chi connectivity index (χ2v) is 6.50. The first-order chi connectivity index (χ1) is 7.90. The SMILES string of the molecule is CC(C)(C)CCNCC1CCCCC1C(=O)O. The quantitative estimate of drug-likeness (QED) is 0.728. The molecule has 0 saturated heterocycles. The maximum Gasteiger partial charge on any atom is 0.306 e. The molecule has 3 nitrogen and oxygen atoms in total. The van der Waals surface area contributed by atoms with Crippen LogP contribution in [0.5, 0.6) is 0 Å². The lowest BCUT2D eigenvalue weighted by atomic mass is 9.79. The normalized spacial score (nSPS) is 25.8. The molecule has 0 bridgehead atoms. The third kappa shape index (κ3) is 5.53. The average Bonchev–Trinajstić information content (AvgIpc) is 2.23. The minimum Gasteiger partial charge on any atom is -0.481 e. The fraction of sp³-hybridized carbons (Fsp3) is 0.929. The highest BCUT2D eigenvalue weighted by Gasteiger charge is 2.30. The van der Waals surface area contributed by atoms with Gasteiger partial charge in [-0.1, -0.05) is 33.6 Å². The topological polar surface area (TPSA) is 49.3 Å². The van der Waals surface area contributed by atoms with Gasteiger partial charge >= 0.3 is 5.97 Å². The summed E-state index contributed by atoms with van der Waals surface area (Å²) in [6.45, 7) is 8.55. The van der Waals surface area contributed by atoms with Crippen LogP contribution in [0, 0.1) is 17.3 Å². The number of nitrogens with one attached hydrogen (secondary N) is 1. The van der Waals surface area contributed by atoms with Crippen molar-refractivity contribution >= 4 is 5.97 Å². The van der Waals surface area contributed by atoms with E-state index in [1.165, 1.54) is 6.42 Å². The molecule has 2 unspecified atom stereocenters. The first-order valence-corrected chi connectivity index (χ1v) is 6.84. The maximum absolute atomic E-state index is 11.1. The molecule has 0 aromatic heterocycles. The van der Waals surface area contributed by atoms with Crippen molar-refractivity contribution in [3.8, 4) is 0 Å². The monoisotopic (exact) mass is 241 g/mol. The molecule has 0 aliphatic heterocycles. The predicted octanol–water partition coefficient (Wildman–Crippen LogP) is 2.90. The molecule has 3 heteroatoms. The van der Waals surface area contributed by atoms with Gasteiger partial charge in [-0.2, -0.15) is 0 Å². The van der Waals surface area contributed by atoms with Crippen molar-refractivity contribution in [2.45, 2.75) is 52.9 Å². The minimum atomic E-state index is -0.604. The number of aliphatic carboxylic acids is 1. The van der Waals surface area contributed by atoms with Crippen LogP contribution in [0.2, 0.25) is 0 Å². The van der Waals surface area contributed by atoms with Crippen molar-refractivity contribution in [2.75, 3.05) is 13.1 Å². The molecule has 17 heavy (non-hydrogen) atoms. The predicted molar refractivity (Wildman–Crippen MR) is 70.0 cm³/mol. The highest BCUT2D eigenvalue weighted by molar-refractivity contribution is 5.70. The largest absolute Gasteiger partial charge is 0.481 e. The Morgan fingerprint density at radius 2 is 1.94 bits per heavy atom. The summed E-state index contributed by atoms with van der Waals surface area (Å²) in [6, 6.07) is 0. The summed E-state index contributed by atoms with van der Waals surface area (Å²) < 4.78 is 0. The summed E-state index contributed by atoms with van der Waals surface area (Å²) in [6.07, 6.45) is 5.34. The molecule has 1 fully saturated rings. The van der Waals surface area contributed by atoms with E-state index in [4.69, 9.17) is 5.11 Å². The highest BCUT2D eigenvalue weighted by Crippen LogP contribution is 2.29. The van der Waals surface area contributed by atoms with Crippen LogP contribution in [-0.2, 0) is 4.79 Å². The Labute approximate surface area is 105 Å². The molecule has 0 amide bonds. The molecule has 0 aromatic rings. The molecule has 0 spiro atoms. The third-order valence-electron chi connectivity index (χ3n) is 3.68. The number of rotatable bonds is 5. The number of carboxylic acid groups (broad SMARTS) is 1. The zero-order chi connectivity index (χ0) is 12.9. The van der Waals surface area contributed by atoms with E-state index in [9.17, 15) is 4.79 Å². The summed E-state index contributed by atoms with van der Waals surface area (Å²) in [7, 11) is 0. The van der Waals surface area contributed by atoms with Crippen LogP contribution in [0.1, 0.15) is 52.9 Å². The molecule has 100 valence electrons. The number of hydrogen-bond donors (Lipinski definition) is 2. The van der Waals surface area contributed by atoms with Crippen LogP contribution in [-0.4, -0.2) is 24.2 Å². The smallest absolute Gasteiger partial charge is 0.306 e. The first kappa shape index (κ1) is 14.5. The van der Waals surface area contributed by atoms with Crippen LogP contribution in [0.4, 0.5) is 0 Å². The average molecular weight is 241 g/mol. The van der Waals surface area contributed by atoms with Gasteiger partial charge in [0.2, 0.25) is 0 Å². The van der Waals surface area contributed by atoms with Crippen LogP contribution >= 0.6 is 0 Å². The molecule has 0 heterocycles. The second-order valence-electron chi connectivity index (χ2n) is 6.50. The van der Waals surface area contributed by atoms with E-state index in [2.05, 4.69) is 26.1 Å². The molecule has 0 radical (unpaired) electrons. The highest BCUT2D eigenvalue weighted by atomic mass is 16.4. The summed E-state index contributed by atoms with van der Waals surface area (Å²) in [5, 5.41) is 12.6. The summed E-state index contributed by atoms with van der Waals surface area (Å²) in [5.41, 5.74) is 0.353. The zero-order valence-corrected chi connectivity index (χ0v) is 11.5. The van der Waals surface area contributed by atoms with Gasteiger partial charge in [0.1, 0.15) is 0 Å². The molecular formula is C14H27NO2. The van der Waals surface area contributed by atoms with E-state index in [-0.39, 0.29) is 5.92 Å². The van der Waals surface area contributed by atoms with Crippen molar-refractivity contribution in [3.05, 3.63) is 0 Å². The molecule has 2 atom stereocenters. The van der Waals surface area contributed by atoms with Gasteiger partial charge < -0.3 is 10.4 Å². The summed E-state index contributed by atoms with van der Waals surface area (Å²) in [4.78, 5) is 11.1. The Morgan fingerprint density at radius 1 is 1.29 bits per heavy atom. The lowest BCUT2D eigenvalue weighted by Gasteiger charge is -2.29. The Hall–Kier alpha value is -0.570. The van der Waals surface area contributed by atoms with E-state index in [1.807, 2.05) is 0 Å². The van der Waals surface area contributed by atoms with Crippen molar-refractivity contribution in [3.63, 3.8) is 0 Å². The van der Waals surface area contributed by atoms with Gasteiger partial charge in [0.25, 0.3) is 0 Å². The van der Waals surface area contributed by atoms with Crippen LogP contribution in [0.3, 0.4) is 0 Å². The lowest BCUT2D eigenvalue weighted by Crippen LogP contribution is -2.35. The van der Waals surface area contributed by atoms with E-state index < -0.39 is 5.97 Å². The molecule has 1 rings (SSSR count). The standard InChI is InChI=1S/C14H27NO2/c1-14(2,3)8-9-15-10-11-6-4-5-7-12(11)13(16)17/h11-12,15H,4-10H2,1-3H3,(H,16,17). The van der Waals surface area contributed by atoms with E-state index in [0.717, 1.165) is 38.8 Å². The number of carboxylic acids is 1. The Kier molecular flexibility index (Phi) is 5.44. The molecule has 1 saturated carbocycles. The molecule has 2 N–H and O–H groups in total. The molecule has 1 aliphatic rings. The van der Waals surface area contributed by atoms with Gasteiger partial charge in [-0.15, -0.1) is 0 Å². The molecular weight excluding hydrogens is 214 g/mol. The van der Waals surface area contributed by atoms with Gasteiger partial charge in [-0.05, 0) is 43.7 Å². The third-order valence-corrected chi connectivity index (χ3v) is 3.68. The van der Waals surface area contributed by atoms with Crippen molar-refractivity contribution in [1.29, 1.82) is 0 Å². The summed E-state index contributed by atoms with van der Waals surface area (Å²) in [5.74, 6) is -0.389. The Bertz CT molecular complexity index is 245.